The minimum Gasteiger partial charge on any atom is -0.398 e. The first-order valence-corrected chi connectivity index (χ1v) is 7.98. The third-order valence-electron chi connectivity index (χ3n) is 3.72. The molecule has 1 saturated heterocycles. The molecule has 1 fully saturated rings. The van der Waals surface area contributed by atoms with Crippen molar-refractivity contribution in [1.82, 2.24) is 9.21 Å². The second-order valence-corrected chi connectivity index (χ2v) is 6.72. The molecule has 0 aromatic heterocycles. The zero-order valence-electron chi connectivity index (χ0n) is 11.5. The van der Waals surface area contributed by atoms with Gasteiger partial charge in [-0.05, 0) is 31.2 Å². The molecule has 0 amide bonds. The lowest BCUT2D eigenvalue weighted by molar-refractivity contribution is 0.196. The molecule has 106 valence electrons. The summed E-state index contributed by atoms with van der Waals surface area (Å²) in [5.74, 6) is 0. The van der Waals surface area contributed by atoms with E-state index in [-0.39, 0.29) is 0 Å². The summed E-state index contributed by atoms with van der Waals surface area (Å²) in [5.41, 5.74) is 6.96. The summed E-state index contributed by atoms with van der Waals surface area (Å²) in [4.78, 5) is 2.58. The van der Waals surface area contributed by atoms with E-state index in [1.54, 1.807) is 29.4 Å². The van der Waals surface area contributed by atoms with E-state index in [0.717, 1.165) is 19.6 Å². The van der Waals surface area contributed by atoms with E-state index in [1.165, 1.54) is 0 Å². The summed E-state index contributed by atoms with van der Waals surface area (Å²) in [6.45, 7) is 7.48. The highest BCUT2D eigenvalue weighted by Crippen LogP contribution is 2.24. The molecule has 0 radical (unpaired) electrons. The topological polar surface area (TPSA) is 66.6 Å². The minimum atomic E-state index is -3.42. The Hall–Kier alpha value is -1.11. The van der Waals surface area contributed by atoms with Crippen LogP contribution in [0.15, 0.2) is 23.1 Å². The number of benzene rings is 1. The fourth-order valence-electron chi connectivity index (χ4n) is 2.34. The van der Waals surface area contributed by atoms with Crippen LogP contribution in [0.3, 0.4) is 0 Å². The van der Waals surface area contributed by atoms with Crippen molar-refractivity contribution in [3.05, 3.63) is 23.8 Å². The summed E-state index contributed by atoms with van der Waals surface area (Å²) in [5, 5.41) is 0. The molecule has 0 saturated carbocycles. The Bertz CT molecular complexity index is 549. The second kappa shape index (κ2) is 5.48. The maximum Gasteiger partial charge on any atom is 0.243 e. The van der Waals surface area contributed by atoms with Crippen LogP contribution in [-0.2, 0) is 10.0 Å². The maximum atomic E-state index is 12.6. The van der Waals surface area contributed by atoms with E-state index in [4.69, 9.17) is 5.73 Å². The number of rotatable bonds is 3. The predicted octanol–water partition coefficient (Wildman–Crippen LogP) is 0.903. The normalized spacial score (nSPS) is 18.6. The average molecular weight is 283 g/mol. The number of anilines is 1. The van der Waals surface area contributed by atoms with E-state index >= 15 is 0 Å². The molecule has 6 heteroatoms. The van der Waals surface area contributed by atoms with Crippen molar-refractivity contribution < 1.29 is 8.42 Å². The molecule has 0 bridgehead atoms. The first kappa shape index (κ1) is 14.3. The molecule has 19 heavy (non-hydrogen) atoms. The molecular weight excluding hydrogens is 262 g/mol. The van der Waals surface area contributed by atoms with Gasteiger partial charge in [0.2, 0.25) is 10.0 Å². The smallest absolute Gasteiger partial charge is 0.243 e. The Morgan fingerprint density at radius 2 is 1.84 bits per heavy atom. The van der Waals surface area contributed by atoms with E-state index in [2.05, 4.69) is 11.8 Å². The molecule has 0 atom stereocenters. The van der Waals surface area contributed by atoms with Gasteiger partial charge in [-0.2, -0.15) is 4.31 Å². The van der Waals surface area contributed by atoms with Crippen LogP contribution in [0, 0.1) is 6.92 Å². The van der Waals surface area contributed by atoms with Gasteiger partial charge in [0.25, 0.3) is 0 Å². The first-order chi connectivity index (χ1) is 8.96. The van der Waals surface area contributed by atoms with Crippen LogP contribution in [0.2, 0.25) is 0 Å². The highest BCUT2D eigenvalue weighted by Gasteiger charge is 2.29. The molecule has 0 aliphatic carbocycles. The van der Waals surface area contributed by atoms with E-state index in [9.17, 15) is 8.42 Å². The predicted molar refractivity (Wildman–Crippen MR) is 76.5 cm³/mol. The molecule has 2 N–H and O–H groups in total. The van der Waals surface area contributed by atoms with Gasteiger partial charge in [-0.15, -0.1) is 0 Å². The lowest BCUT2D eigenvalue weighted by Crippen LogP contribution is -2.48. The van der Waals surface area contributed by atoms with Gasteiger partial charge >= 0.3 is 0 Å². The van der Waals surface area contributed by atoms with Crippen LogP contribution in [0.25, 0.3) is 0 Å². The Balaban J connectivity index is 2.26. The van der Waals surface area contributed by atoms with Gasteiger partial charge in [-0.25, -0.2) is 8.42 Å². The minimum absolute atomic E-state index is 0.331. The molecule has 1 aliphatic rings. The zero-order valence-corrected chi connectivity index (χ0v) is 12.3. The summed E-state index contributed by atoms with van der Waals surface area (Å²) in [7, 11) is -3.42. The Kier molecular flexibility index (Phi) is 4.13. The zero-order chi connectivity index (χ0) is 14.0. The summed E-state index contributed by atoms with van der Waals surface area (Å²) < 4.78 is 26.8. The Morgan fingerprint density at radius 1 is 1.21 bits per heavy atom. The fraction of sp³-hybridized carbons (Fsp3) is 0.538. The van der Waals surface area contributed by atoms with Crippen LogP contribution in [0.5, 0.6) is 0 Å². The number of hydrogen-bond acceptors (Lipinski definition) is 4. The van der Waals surface area contributed by atoms with E-state index < -0.39 is 10.0 Å². The highest BCUT2D eigenvalue weighted by atomic mass is 32.2. The molecule has 5 nitrogen and oxygen atoms in total. The second-order valence-electron chi connectivity index (χ2n) is 4.81. The van der Waals surface area contributed by atoms with Gasteiger partial charge < -0.3 is 10.6 Å². The molecular formula is C13H21N3O2S. The van der Waals surface area contributed by atoms with E-state index in [1.807, 2.05) is 0 Å². The molecule has 1 heterocycles. The highest BCUT2D eigenvalue weighted by molar-refractivity contribution is 7.89. The molecule has 1 aromatic rings. The van der Waals surface area contributed by atoms with Crippen molar-refractivity contribution >= 4 is 15.7 Å². The third-order valence-corrected chi connectivity index (χ3v) is 5.77. The number of nitrogens with two attached hydrogens (primary N) is 1. The number of hydrogen-bond donors (Lipinski definition) is 1. The van der Waals surface area contributed by atoms with Crippen molar-refractivity contribution in [2.75, 3.05) is 38.5 Å². The van der Waals surface area contributed by atoms with Gasteiger partial charge in [0.05, 0.1) is 4.90 Å². The summed E-state index contributed by atoms with van der Waals surface area (Å²) in [6, 6.07) is 5.05. The van der Waals surface area contributed by atoms with Gasteiger partial charge in [0.1, 0.15) is 0 Å². The van der Waals surface area contributed by atoms with Crippen LogP contribution in [-0.4, -0.2) is 50.3 Å². The Labute approximate surface area is 115 Å². The summed E-state index contributed by atoms with van der Waals surface area (Å²) in [6.07, 6.45) is 0. The molecule has 2 rings (SSSR count). The van der Waals surface area contributed by atoms with Crippen molar-refractivity contribution in [3.63, 3.8) is 0 Å². The third kappa shape index (κ3) is 2.75. The summed E-state index contributed by atoms with van der Waals surface area (Å²) >= 11 is 0. The lowest BCUT2D eigenvalue weighted by atomic mass is 10.2. The first-order valence-electron chi connectivity index (χ1n) is 6.54. The van der Waals surface area contributed by atoms with Crippen LogP contribution in [0.1, 0.15) is 12.5 Å². The molecule has 0 spiro atoms. The SMILES string of the molecule is CCN1CCN(S(=O)(=O)c2cccc(N)c2C)CC1. The van der Waals surface area contributed by atoms with Crippen LogP contribution in [0.4, 0.5) is 5.69 Å². The quantitative estimate of drug-likeness (QED) is 0.837. The van der Waals surface area contributed by atoms with Crippen molar-refractivity contribution in [2.45, 2.75) is 18.7 Å². The number of likely N-dealkylation sites (N-methyl/N-ethyl adjacent to an activating group) is 1. The fourth-order valence-corrected chi connectivity index (χ4v) is 4.01. The van der Waals surface area contributed by atoms with Crippen molar-refractivity contribution in [3.8, 4) is 0 Å². The monoisotopic (exact) mass is 283 g/mol. The number of nitrogen functional groups attached to an aromatic ring is 1. The average Bonchev–Trinajstić information content (AvgIpc) is 2.41. The van der Waals surface area contributed by atoms with Gasteiger partial charge in [-0.1, -0.05) is 13.0 Å². The van der Waals surface area contributed by atoms with Crippen molar-refractivity contribution in [1.29, 1.82) is 0 Å². The standard InChI is InChI=1S/C13H21N3O2S/c1-3-15-7-9-16(10-8-15)19(17,18)13-6-4-5-12(14)11(13)2/h4-6H,3,7-10,14H2,1-2H3. The van der Waals surface area contributed by atoms with Crippen LogP contribution < -0.4 is 5.73 Å². The van der Waals surface area contributed by atoms with Gasteiger partial charge in [0, 0.05) is 31.9 Å². The van der Waals surface area contributed by atoms with Crippen LogP contribution >= 0.6 is 0 Å². The maximum absolute atomic E-state index is 12.6. The number of piperazine rings is 1. The number of nitrogens with zero attached hydrogens (tertiary/aromatic N) is 2. The number of sulfonamides is 1. The van der Waals surface area contributed by atoms with Gasteiger partial charge in [0.15, 0.2) is 0 Å². The molecule has 1 aliphatic heterocycles. The lowest BCUT2D eigenvalue weighted by Gasteiger charge is -2.33. The largest absolute Gasteiger partial charge is 0.398 e. The van der Waals surface area contributed by atoms with Crippen molar-refractivity contribution in [2.24, 2.45) is 0 Å². The Morgan fingerprint density at radius 3 is 2.42 bits per heavy atom. The van der Waals surface area contributed by atoms with Gasteiger partial charge in [-0.3, -0.25) is 0 Å². The molecule has 1 aromatic carbocycles. The molecule has 0 unspecified atom stereocenters. The van der Waals surface area contributed by atoms with E-state index in [0.29, 0.717) is 29.2 Å².